The summed E-state index contributed by atoms with van der Waals surface area (Å²) in [5, 5.41) is 4.66. The van der Waals surface area contributed by atoms with Crippen LogP contribution in [0.3, 0.4) is 0 Å². The fourth-order valence-corrected chi connectivity index (χ4v) is 7.70. The van der Waals surface area contributed by atoms with Crippen molar-refractivity contribution in [2.45, 2.75) is 49.0 Å². The van der Waals surface area contributed by atoms with E-state index < -0.39 is 44.9 Å². The lowest BCUT2D eigenvalue weighted by molar-refractivity contribution is -0.186. The highest BCUT2D eigenvalue weighted by molar-refractivity contribution is 7.93. The average molecular weight is 651 g/mol. The third-order valence-electron chi connectivity index (χ3n) is 7.31. The maximum atomic E-state index is 15.6. The van der Waals surface area contributed by atoms with Crippen molar-refractivity contribution < 1.29 is 35.5 Å². The molecule has 1 aliphatic carbocycles. The minimum Gasteiger partial charge on any atom is -0.497 e. The number of nitrogens with zero attached hydrogens (tertiary/aromatic N) is 3. The van der Waals surface area contributed by atoms with Crippen molar-refractivity contribution in [3.63, 3.8) is 0 Å². The zero-order valence-electron chi connectivity index (χ0n) is 23.3. The molecule has 0 bridgehead atoms. The summed E-state index contributed by atoms with van der Waals surface area (Å²) in [5.74, 6) is -1.65. The number of hydrogen-bond acceptors (Lipinski definition) is 8. The van der Waals surface area contributed by atoms with Crippen LogP contribution in [-0.4, -0.2) is 64.9 Å². The SMILES string of the molecule is COc1ccc(CN(c2nccs2)S(=O)(=O)c2cc(Cl)c(N[C@H]3CCC(C(F)(F)F)C[C@@H]3N(C)C)cc2F)c(OC)c1. The highest BCUT2D eigenvalue weighted by atomic mass is 35.5. The summed E-state index contributed by atoms with van der Waals surface area (Å²) < 4.78 is 95.2. The topological polar surface area (TPSA) is 84.0 Å². The van der Waals surface area contributed by atoms with E-state index in [1.807, 2.05) is 0 Å². The van der Waals surface area contributed by atoms with Crippen LogP contribution in [0.5, 0.6) is 11.5 Å². The Hall–Kier alpha value is -2.81. The number of rotatable bonds is 10. The molecule has 1 saturated carbocycles. The number of hydrogen-bond donors (Lipinski definition) is 1. The lowest BCUT2D eigenvalue weighted by Crippen LogP contribution is -2.49. The fraction of sp³-hybridized carbons (Fsp3) is 0.444. The van der Waals surface area contributed by atoms with Crippen LogP contribution in [0.1, 0.15) is 24.8 Å². The molecule has 0 spiro atoms. The predicted octanol–water partition coefficient (Wildman–Crippen LogP) is 6.42. The number of likely N-dealkylation sites (N-methyl/N-ethyl adjacent to an activating group) is 1. The van der Waals surface area contributed by atoms with E-state index in [4.69, 9.17) is 21.1 Å². The molecule has 230 valence electrons. The first kappa shape index (κ1) is 32.1. The van der Waals surface area contributed by atoms with Gasteiger partial charge in [0.15, 0.2) is 5.13 Å². The molecule has 1 unspecified atom stereocenters. The Morgan fingerprint density at radius 2 is 1.88 bits per heavy atom. The Morgan fingerprint density at radius 3 is 2.48 bits per heavy atom. The number of methoxy groups -OCH3 is 2. The summed E-state index contributed by atoms with van der Waals surface area (Å²) in [6.45, 7) is -0.229. The van der Waals surface area contributed by atoms with E-state index in [1.54, 1.807) is 42.6 Å². The Kier molecular flexibility index (Phi) is 9.80. The van der Waals surface area contributed by atoms with Crippen molar-refractivity contribution in [2.24, 2.45) is 5.92 Å². The van der Waals surface area contributed by atoms with E-state index in [2.05, 4.69) is 10.3 Å². The van der Waals surface area contributed by atoms with Gasteiger partial charge in [0.2, 0.25) is 0 Å². The molecule has 1 N–H and O–H groups in total. The maximum absolute atomic E-state index is 15.6. The van der Waals surface area contributed by atoms with Gasteiger partial charge in [0.1, 0.15) is 22.2 Å². The summed E-state index contributed by atoms with van der Waals surface area (Å²) >= 11 is 7.53. The van der Waals surface area contributed by atoms with Crippen LogP contribution >= 0.6 is 22.9 Å². The molecular formula is C27H31ClF4N4O4S2. The highest BCUT2D eigenvalue weighted by Gasteiger charge is 2.45. The molecule has 3 atom stereocenters. The number of anilines is 2. The smallest absolute Gasteiger partial charge is 0.391 e. The first-order valence-corrected chi connectivity index (χ1v) is 15.6. The van der Waals surface area contributed by atoms with Gasteiger partial charge < -0.3 is 19.7 Å². The molecule has 0 radical (unpaired) electrons. The molecule has 1 heterocycles. The van der Waals surface area contributed by atoms with Crippen LogP contribution in [0.4, 0.5) is 28.4 Å². The van der Waals surface area contributed by atoms with Crippen LogP contribution in [0.15, 0.2) is 46.8 Å². The number of sulfonamides is 1. The molecule has 0 saturated heterocycles. The standard InChI is InChI=1S/C27H31ClF4N4O4S2/c1-35(2)23-11-17(27(30,31)32)6-8-21(23)34-22-14-20(29)25(13-19(22)28)42(37,38)36(26-33-9-10-41-26)15-16-5-7-18(39-3)12-24(16)40-4/h5,7,9-10,12-14,17,21,23,34H,6,8,11,15H2,1-4H3/t17?,21-,23-/m0/s1. The summed E-state index contributed by atoms with van der Waals surface area (Å²) in [5.41, 5.74) is 0.569. The normalized spacial score (nSPS) is 19.5. The molecule has 1 aromatic heterocycles. The minimum atomic E-state index is -4.54. The molecular weight excluding hydrogens is 620 g/mol. The molecule has 1 aliphatic rings. The van der Waals surface area contributed by atoms with Gasteiger partial charge in [-0.2, -0.15) is 13.2 Å². The van der Waals surface area contributed by atoms with Crippen LogP contribution in [0.2, 0.25) is 5.02 Å². The summed E-state index contributed by atoms with van der Waals surface area (Å²) in [7, 11) is 1.74. The van der Waals surface area contributed by atoms with Gasteiger partial charge in [0.25, 0.3) is 10.0 Å². The quantitative estimate of drug-likeness (QED) is 0.254. The van der Waals surface area contributed by atoms with Crippen LogP contribution in [-0.2, 0) is 16.6 Å². The fourth-order valence-electron chi connectivity index (χ4n) is 5.07. The van der Waals surface area contributed by atoms with Crippen molar-refractivity contribution in [3.8, 4) is 11.5 Å². The maximum Gasteiger partial charge on any atom is 0.391 e. The second kappa shape index (κ2) is 12.8. The van der Waals surface area contributed by atoms with Crippen molar-refractivity contribution >= 4 is 43.8 Å². The minimum absolute atomic E-state index is 0.0876. The molecule has 0 amide bonds. The number of alkyl halides is 3. The molecule has 3 aromatic rings. The monoisotopic (exact) mass is 650 g/mol. The molecule has 1 fully saturated rings. The number of halogens is 5. The lowest BCUT2D eigenvalue weighted by atomic mass is 9.81. The van der Waals surface area contributed by atoms with Gasteiger partial charge in [-0.25, -0.2) is 22.1 Å². The molecule has 8 nitrogen and oxygen atoms in total. The van der Waals surface area contributed by atoms with Crippen LogP contribution in [0, 0.1) is 11.7 Å². The van der Waals surface area contributed by atoms with Crippen molar-refractivity contribution in [1.29, 1.82) is 0 Å². The number of nitrogens with one attached hydrogen (secondary N) is 1. The Morgan fingerprint density at radius 1 is 1.14 bits per heavy atom. The van der Waals surface area contributed by atoms with E-state index in [1.165, 1.54) is 20.4 Å². The second-order valence-corrected chi connectivity index (χ2v) is 13.2. The Balaban J connectivity index is 1.65. The number of aromatic nitrogens is 1. The number of thiazole rings is 1. The van der Waals surface area contributed by atoms with Gasteiger partial charge in [0, 0.05) is 35.3 Å². The van der Waals surface area contributed by atoms with Gasteiger partial charge in [-0.1, -0.05) is 11.6 Å². The molecule has 0 aliphatic heterocycles. The number of ether oxygens (including phenoxy) is 2. The van der Waals surface area contributed by atoms with Crippen molar-refractivity contribution in [1.82, 2.24) is 9.88 Å². The Bertz CT molecular complexity index is 1490. The van der Waals surface area contributed by atoms with E-state index in [0.717, 1.165) is 27.8 Å². The average Bonchev–Trinajstić information content (AvgIpc) is 3.47. The van der Waals surface area contributed by atoms with Crippen LogP contribution in [0.25, 0.3) is 0 Å². The third-order valence-corrected chi connectivity index (χ3v) is 10.3. The second-order valence-electron chi connectivity index (χ2n) is 10.1. The van der Waals surface area contributed by atoms with Gasteiger partial charge >= 0.3 is 6.18 Å². The van der Waals surface area contributed by atoms with E-state index in [-0.39, 0.29) is 41.6 Å². The predicted molar refractivity (Wildman–Crippen MR) is 155 cm³/mol. The molecule has 15 heteroatoms. The van der Waals surface area contributed by atoms with Gasteiger partial charge in [-0.3, -0.25) is 0 Å². The highest BCUT2D eigenvalue weighted by Crippen LogP contribution is 2.41. The summed E-state index contributed by atoms with van der Waals surface area (Å²) in [6, 6.07) is 5.88. The number of benzene rings is 2. The third kappa shape index (κ3) is 6.87. The molecule has 2 aromatic carbocycles. The Labute approximate surface area is 251 Å². The van der Waals surface area contributed by atoms with Gasteiger partial charge in [-0.15, -0.1) is 11.3 Å². The summed E-state index contributed by atoms with van der Waals surface area (Å²) in [6.07, 6.45) is -2.92. The molecule has 4 rings (SSSR count). The largest absolute Gasteiger partial charge is 0.497 e. The molecule has 42 heavy (non-hydrogen) atoms. The van der Waals surface area contributed by atoms with E-state index in [0.29, 0.717) is 17.1 Å². The van der Waals surface area contributed by atoms with Crippen molar-refractivity contribution in [2.75, 3.05) is 37.9 Å². The van der Waals surface area contributed by atoms with Gasteiger partial charge in [-0.05, 0) is 57.6 Å². The summed E-state index contributed by atoms with van der Waals surface area (Å²) in [4.78, 5) is 5.15. The van der Waals surface area contributed by atoms with Gasteiger partial charge in [0.05, 0.1) is 37.4 Å². The van der Waals surface area contributed by atoms with Crippen molar-refractivity contribution in [3.05, 3.63) is 58.3 Å². The van der Waals surface area contributed by atoms with E-state index >= 15 is 4.39 Å². The lowest BCUT2D eigenvalue weighted by Gasteiger charge is -2.41. The van der Waals surface area contributed by atoms with E-state index in [9.17, 15) is 21.6 Å². The van der Waals surface area contributed by atoms with Crippen LogP contribution < -0.4 is 19.1 Å². The zero-order valence-corrected chi connectivity index (χ0v) is 25.7. The first-order chi connectivity index (χ1) is 19.8. The first-order valence-electron chi connectivity index (χ1n) is 12.9. The zero-order chi connectivity index (χ0) is 30.8.